The number of hydrogen-bond donors (Lipinski definition) is 1. The molecule has 0 rings (SSSR count). The van der Waals surface area contributed by atoms with Crippen LogP contribution in [0.2, 0.25) is 0 Å². The second-order valence-corrected chi connectivity index (χ2v) is 22.7. The quantitative estimate of drug-likeness (QED) is 0.0211. The number of unbranched alkanes of at least 4 members (excludes halogenated alkanes) is 16. The van der Waals surface area contributed by atoms with Crippen LogP contribution in [0.3, 0.4) is 0 Å². The number of allylic oxidation sites excluding steroid dienone is 28. The maximum Gasteiger partial charge on any atom is 0.361 e. The summed E-state index contributed by atoms with van der Waals surface area (Å²) in [6, 6.07) is 0. The first kappa shape index (κ1) is 79.7. The fraction of sp³-hybridized carbons (Fsp3) is 0.592. The minimum absolute atomic E-state index is 0.173. The standard InChI is InChI=1S/C76H121NO8/c1-6-8-10-12-14-16-18-20-22-24-26-27-28-29-30-31-32-33-34-35-36-37-38-39-40-41-42-43-44-45-46-47-49-51-53-55-57-59-61-63-65-67-74(79)85-72(71-84-76(75(80)81)82-69-68-77(3,4)5)70-83-73(78)66-64-62-60-58-56-54-52-50-48-25-23-21-19-17-15-13-11-9-7-2/h8,10,14-17,20-23,26-27,29-30,32-33,35-36,38-39,41-42,44-45,47,49,53,55,72,76H,6-7,9,11-13,18-19,24-25,28,31,34,37,40,43,46,48,50-52,54,56-71H2,1-5H3/p+1/b10-8-,16-14-,17-15-,22-20-,23-21-,27-26-,30-29-,33-32-,36-35-,39-38-,42-41-,45-44-,49-47-,55-53-. The molecule has 85 heavy (non-hydrogen) atoms. The van der Waals surface area contributed by atoms with Crippen LogP contribution in [0.5, 0.6) is 0 Å². The molecule has 0 radical (unpaired) electrons. The predicted octanol–water partition coefficient (Wildman–Crippen LogP) is 20.7. The number of carbonyl (C=O) groups is 3. The highest BCUT2D eigenvalue weighted by Crippen LogP contribution is 2.14. The van der Waals surface area contributed by atoms with E-state index in [-0.39, 0.29) is 38.6 Å². The van der Waals surface area contributed by atoms with E-state index in [9.17, 15) is 19.5 Å². The number of quaternary nitrogens is 1. The van der Waals surface area contributed by atoms with E-state index < -0.39 is 24.3 Å². The van der Waals surface area contributed by atoms with Crippen molar-refractivity contribution in [1.29, 1.82) is 0 Å². The van der Waals surface area contributed by atoms with Crippen molar-refractivity contribution in [1.82, 2.24) is 0 Å². The van der Waals surface area contributed by atoms with E-state index in [2.05, 4.69) is 184 Å². The van der Waals surface area contributed by atoms with Crippen molar-refractivity contribution in [3.8, 4) is 0 Å². The van der Waals surface area contributed by atoms with Crippen LogP contribution in [0.1, 0.15) is 232 Å². The van der Waals surface area contributed by atoms with Crippen molar-refractivity contribution >= 4 is 17.9 Å². The maximum atomic E-state index is 12.9. The number of likely N-dealkylation sites (N-methyl/N-ethyl adjacent to an activating group) is 1. The van der Waals surface area contributed by atoms with Crippen LogP contribution in [-0.4, -0.2) is 87.4 Å². The minimum Gasteiger partial charge on any atom is -0.477 e. The monoisotopic (exact) mass is 1180 g/mol. The molecule has 0 aromatic carbocycles. The third kappa shape index (κ3) is 66.0. The van der Waals surface area contributed by atoms with E-state index in [1.165, 1.54) is 57.8 Å². The van der Waals surface area contributed by atoms with Gasteiger partial charge < -0.3 is 28.5 Å². The number of carboxylic acids is 1. The molecular weight excluding hydrogens is 1050 g/mol. The number of carbonyl (C=O) groups excluding carboxylic acids is 2. The first-order valence-electron chi connectivity index (χ1n) is 33.3. The molecule has 1 N–H and O–H groups in total. The zero-order chi connectivity index (χ0) is 61.9. The molecule has 2 atom stereocenters. The van der Waals surface area contributed by atoms with E-state index in [1.54, 1.807) is 0 Å². The fourth-order valence-electron chi connectivity index (χ4n) is 8.38. The average molecular weight is 1180 g/mol. The van der Waals surface area contributed by atoms with Crippen LogP contribution < -0.4 is 0 Å². The highest BCUT2D eigenvalue weighted by atomic mass is 16.7. The van der Waals surface area contributed by atoms with E-state index in [4.69, 9.17) is 18.9 Å². The summed E-state index contributed by atoms with van der Waals surface area (Å²) < 4.78 is 22.9. The average Bonchev–Trinajstić information content (AvgIpc) is 3.49. The lowest BCUT2D eigenvalue weighted by Crippen LogP contribution is -2.40. The second kappa shape index (κ2) is 64.6. The lowest BCUT2D eigenvalue weighted by molar-refractivity contribution is -0.870. The van der Waals surface area contributed by atoms with Crippen LogP contribution in [-0.2, 0) is 33.3 Å². The van der Waals surface area contributed by atoms with Gasteiger partial charge in [0.15, 0.2) is 6.10 Å². The van der Waals surface area contributed by atoms with Crippen molar-refractivity contribution in [3.05, 3.63) is 170 Å². The van der Waals surface area contributed by atoms with E-state index in [0.717, 1.165) is 141 Å². The van der Waals surface area contributed by atoms with E-state index in [0.29, 0.717) is 17.4 Å². The van der Waals surface area contributed by atoms with Gasteiger partial charge >= 0.3 is 17.9 Å². The smallest absolute Gasteiger partial charge is 0.361 e. The Hall–Kier alpha value is -5.35. The van der Waals surface area contributed by atoms with Gasteiger partial charge in [-0.1, -0.05) is 255 Å². The number of aliphatic carboxylic acids is 1. The van der Waals surface area contributed by atoms with Crippen LogP contribution in [0.15, 0.2) is 170 Å². The Morgan fingerprint density at radius 2 is 0.671 bits per heavy atom. The number of carboxylic acid groups (broad SMARTS) is 1. The van der Waals surface area contributed by atoms with Gasteiger partial charge in [0.2, 0.25) is 0 Å². The number of hydrogen-bond acceptors (Lipinski definition) is 7. The SMILES string of the molecule is CC/C=C\C/C=C\C/C=C\C/C=C\C/C=C\C/C=C\C/C=C\C/C=C\C/C=C\C/C=C\C/C=C\C/C=C\CCCCCCC(=O)OC(COC(=O)CCCCCCCCCCC/C=C\C/C=C\CCCCC)COC(OCC[N+](C)(C)C)C(=O)O. The molecule has 0 spiro atoms. The van der Waals surface area contributed by atoms with E-state index >= 15 is 0 Å². The molecule has 9 heteroatoms. The number of nitrogens with zero attached hydrogens (tertiary/aromatic N) is 1. The third-order valence-corrected chi connectivity index (χ3v) is 13.5. The molecule has 0 aliphatic rings. The summed E-state index contributed by atoms with van der Waals surface area (Å²) in [6.45, 7) is 4.68. The topological polar surface area (TPSA) is 108 Å². The fourth-order valence-corrected chi connectivity index (χ4v) is 8.38. The van der Waals surface area contributed by atoms with Crippen molar-refractivity contribution in [2.75, 3.05) is 47.5 Å². The molecule has 0 aromatic heterocycles. The van der Waals surface area contributed by atoms with E-state index in [1.807, 2.05) is 21.1 Å². The Morgan fingerprint density at radius 1 is 0.365 bits per heavy atom. The van der Waals surface area contributed by atoms with Gasteiger partial charge in [-0.2, -0.15) is 0 Å². The Morgan fingerprint density at radius 3 is 1.00 bits per heavy atom. The predicted molar refractivity (Wildman–Crippen MR) is 363 cm³/mol. The van der Waals surface area contributed by atoms with Gasteiger partial charge in [-0.05, 0) is 135 Å². The number of rotatable bonds is 59. The number of esters is 2. The molecule has 478 valence electrons. The Bertz CT molecular complexity index is 2000. The summed E-state index contributed by atoms with van der Waals surface area (Å²) in [5.74, 6) is -2.06. The summed E-state index contributed by atoms with van der Waals surface area (Å²) in [7, 11) is 5.95. The van der Waals surface area contributed by atoms with Crippen LogP contribution >= 0.6 is 0 Å². The first-order valence-corrected chi connectivity index (χ1v) is 33.3. The van der Waals surface area contributed by atoms with Crippen molar-refractivity contribution in [3.63, 3.8) is 0 Å². The Kier molecular flexibility index (Phi) is 60.6. The molecule has 0 aliphatic carbocycles. The van der Waals surface area contributed by atoms with Gasteiger partial charge in [0.1, 0.15) is 13.2 Å². The molecule has 9 nitrogen and oxygen atoms in total. The molecular formula is C76H122NO8+. The molecule has 0 aliphatic heterocycles. The van der Waals surface area contributed by atoms with Crippen molar-refractivity contribution in [2.45, 2.75) is 245 Å². The molecule has 0 saturated heterocycles. The maximum absolute atomic E-state index is 12.9. The van der Waals surface area contributed by atoms with Crippen molar-refractivity contribution < 1.29 is 42.9 Å². The van der Waals surface area contributed by atoms with Gasteiger partial charge in [0.05, 0.1) is 34.4 Å². The normalized spacial score (nSPS) is 13.8. The summed E-state index contributed by atoms with van der Waals surface area (Å²) in [5.41, 5.74) is 0. The molecule has 0 heterocycles. The Labute approximate surface area is 520 Å². The molecule has 0 bridgehead atoms. The molecule has 2 unspecified atom stereocenters. The Balaban J connectivity index is 4.26. The van der Waals surface area contributed by atoms with Gasteiger partial charge in [-0.15, -0.1) is 0 Å². The summed E-state index contributed by atoms with van der Waals surface area (Å²) in [6.07, 6.45) is 94.5. The summed E-state index contributed by atoms with van der Waals surface area (Å²) in [4.78, 5) is 37.5. The molecule has 0 fully saturated rings. The largest absolute Gasteiger partial charge is 0.477 e. The molecule has 0 amide bonds. The summed E-state index contributed by atoms with van der Waals surface area (Å²) >= 11 is 0. The van der Waals surface area contributed by atoms with Crippen molar-refractivity contribution in [2.24, 2.45) is 0 Å². The lowest BCUT2D eigenvalue weighted by atomic mass is 10.1. The third-order valence-electron chi connectivity index (χ3n) is 13.5. The van der Waals surface area contributed by atoms with Gasteiger partial charge in [0.25, 0.3) is 6.29 Å². The van der Waals surface area contributed by atoms with Crippen LogP contribution in [0.25, 0.3) is 0 Å². The molecule has 0 saturated carbocycles. The highest BCUT2D eigenvalue weighted by molar-refractivity contribution is 5.71. The zero-order valence-corrected chi connectivity index (χ0v) is 54.4. The highest BCUT2D eigenvalue weighted by Gasteiger charge is 2.25. The van der Waals surface area contributed by atoms with Gasteiger partial charge in [0, 0.05) is 12.8 Å². The zero-order valence-electron chi connectivity index (χ0n) is 54.4. The number of ether oxygens (including phenoxy) is 4. The van der Waals surface area contributed by atoms with Gasteiger partial charge in [-0.25, -0.2) is 4.79 Å². The lowest BCUT2D eigenvalue weighted by Gasteiger charge is -2.25. The molecule has 0 aromatic rings. The minimum atomic E-state index is -1.53. The van der Waals surface area contributed by atoms with Crippen LogP contribution in [0.4, 0.5) is 0 Å². The first-order chi connectivity index (χ1) is 41.6. The second-order valence-electron chi connectivity index (χ2n) is 22.7. The summed E-state index contributed by atoms with van der Waals surface area (Å²) in [5, 5.41) is 9.72. The van der Waals surface area contributed by atoms with Crippen LogP contribution in [0, 0.1) is 0 Å². The van der Waals surface area contributed by atoms with Gasteiger partial charge in [-0.3, -0.25) is 9.59 Å².